The van der Waals surface area contributed by atoms with Crippen molar-refractivity contribution in [3.05, 3.63) is 0 Å². The third-order valence-corrected chi connectivity index (χ3v) is 3.35. The zero-order valence-corrected chi connectivity index (χ0v) is 10.3. The Bertz CT molecular complexity index is 96.1. The van der Waals surface area contributed by atoms with Gasteiger partial charge in [-0.1, -0.05) is 27.2 Å². The summed E-state index contributed by atoms with van der Waals surface area (Å²) in [5.74, 6) is 3.51. The van der Waals surface area contributed by atoms with Crippen LogP contribution in [0.3, 0.4) is 0 Å². The maximum atomic E-state index is 3.43. The molecular formula is C11H25NS. The van der Waals surface area contributed by atoms with Crippen molar-refractivity contribution < 1.29 is 0 Å². The van der Waals surface area contributed by atoms with E-state index >= 15 is 0 Å². The molecule has 0 aliphatic rings. The Kier molecular flexibility index (Phi) is 10.6. The highest BCUT2D eigenvalue weighted by molar-refractivity contribution is 7.99. The van der Waals surface area contributed by atoms with Crippen LogP contribution >= 0.6 is 11.8 Å². The van der Waals surface area contributed by atoms with E-state index in [1.807, 2.05) is 0 Å². The first-order valence-electron chi connectivity index (χ1n) is 5.63. The van der Waals surface area contributed by atoms with Gasteiger partial charge >= 0.3 is 0 Å². The first-order valence-corrected chi connectivity index (χ1v) is 6.79. The van der Waals surface area contributed by atoms with Crippen molar-refractivity contribution in [3.63, 3.8) is 0 Å². The van der Waals surface area contributed by atoms with Crippen LogP contribution in [-0.2, 0) is 0 Å². The van der Waals surface area contributed by atoms with Gasteiger partial charge in [-0.3, -0.25) is 0 Å². The van der Waals surface area contributed by atoms with E-state index in [1.54, 1.807) is 0 Å². The van der Waals surface area contributed by atoms with Crippen LogP contribution in [0.25, 0.3) is 0 Å². The minimum Gasteiger partial charge on any atom is -0.317 e. The number of hydrogen-bond acceptors (Lipinski definition) is 2. The average molecular weight is 203 g/mol. The highest BCUT2D eigenvalue weighted by Crippen LogP contribution is 2.12. The molecule has 0 spiro atoms. The fourth-order valence-electron chi connectivity index (χ4n) is 1.42. The number of thioether (sulfide) groups is 1. The maximum Gasteiger partial charge on any atom is -0.00207 e. The van der Waals surface area contributed by atoms with Gasteiger partial charge in [0, 0.05) is 0 Å². The molecule has 1 unspecified atom stereocenters. The normalized spacial score (nSPS) is 13.2. The van der Waals surface area contributed by atoms with Crippen molar-refractivity contribution >= 4 is 11.8 Å². The second-order valence-corrected chi connectivity index (χ2v) is 4.81. The molecule has 0 radical (unpaired) electrons. The zero-order valence-electron chi connectivity index (χ0n) is 9.44. The molecule has 1 nitrogen and oxygen atoms in total. The van der Waals surface area contributed by atoms with Crippen LogP contribution in [0.5, 0.6) is 0 Å². The summed E-state index contributed by atoms with van der Waals surface area (Å²) in [6, 6.07) is 0. The Morgan fingerprint density at radius 3 is 2.54 bits per heavy atom. The van der Waals surface area contributed by atoms with Gasteiger partial charge in [-0.25, -0.2) is 0 Å². The molecule has 0 fully saturated rings. The van der Waals surface area contributed by atoms with Gasteiger partial charge in [0.15, 0.2) is 0 Å². The molecule has 0 aliphatic heterocycles. The first-order chi connectivity index (χ1) is 6.35. The van der Waals surface area contributed by atoms with E-state index in [0.29, 0.717) is 0 Å². The predicted molar refractivity (Wildman–Crippen MR) is 64.6 cm³/mol. The van der Waals surface area contributed by atoms with Gasteiger partial charge in [-0.2, -0.15) is 11.8 Å². The molecule has 0 amide bonds. The summed E-state index contributed by atoms with van der Waals surface area (Å²) in [7, 11) is 0. The van der Waals surface area contributed by atoms with Crippen molar-refractivity contribution in [2.45, 2.75) is 40.0 Å². The van der Waals surface area contributed by atoms with E-state index in [-0.39, 0.29) is 0 Å². The lowest BCUT2D eigenvalue weighted by atomic mass is 10.0. The van der Waals surface area contributed by atoms with Crippen LogP contribution in [0.2, 0.25) is 0 Å². The summed E-state index contributed by atoms with van der Waals surface area (Å²) < 4.78 is 0. The maximum absolute atomic E-state index is 3.43. The number of hydrogen-bond donors (Lipinski definition) is 1. The average Bonchev–Trinajstić information content (AvgIpc) is 2.17. The van der Waals surface area contributed by atoms with Gasteiger partial charge in [0.25, 0.3) is 0 Å². The highest BCUT2D eigenvalue weighted by Gasteiger charge is 2.04. The van der Waals surface area contributed by atoms with Gasteiger partial charge in [0.2, 0.25) is 0 Å². The summed E-state index contributed by atoms with van der Waals surface area (Å²) in [5.41, 5.74) is 0. The molecule has 13 heavy (non-hydrogen) atoms. The predicted octanol–water partition coefficient (Wildman–Crippen LogP) is 3.16. The molecule has 0 saturated heterocycles. The van der Waals surface area contributed by atoms with Crippen molar-refractivity contribution in [2.75, 3.05) is 24.6 Å². The second-order valence-electron chi connectivity index (χ2n) is 3.42. The summed E-state index contributed by atoms with van der Waals surface area (Å²) in [5, 5.41) is 3.43. The molecule has 0 saturated carbocycles. The van der Waals surface area contributed by atoms with E-state index in [2.05, 4.69) is 37.8 Å². The lowest BCUT2D eigenvalue weighted by molar-refractivity contribution is 0.436. The van der Waals surface area contributed by atoms with E-state index in [4.69, 9.17) is 0 Å². The SMILES string of the molecule is CCNCC(CC)CCCSCC. The van der Waals surface area contributed by atoms with Crippen LogP contribution in [0.4, 0.5) is 0 Å². The largest absolute Gasteiger partial charge is 0.317 e. The summed E-state index contributed by atoms with van der Waals surface area (Å²) in [4.78, 5) is 0. The van der Waals surface area contributed by atoms with E-state index in [9.17, 15) is 0 Å². The Morgan fingerprint density at radius 1 is 1.23 bits per heavy atom. The molecular weight excluding hydrogens is 178 g/mol. The van der Waals surface area contributed by atoms with Crippen LogP contribution < -0.4 is 5.32 Å². The van der Waals surface area contributed by atoms with Gasteiger partial charge in [0.1, 0.15) is 0 Å². The molecule has 2 heteroatoms. The van der Waals surface area contributed by atoms with Crippen LogP contribution in [0.1, 0.15) is 40.0 Å². The topological polar surface area (TPSA) is 12.0 Å². The lowest BCUT2D eigenvalue weighted by Gasteiger charge is -2.14. The fraction of sp³-hybridized carbons (Fsp3) is 1.00. The zero-order chi connectivity index (χ0) is 9.94. The lowest BCUT2D eigenvalue weighted by Crippen LogP contribution is -2.22. The van der Waals surface area contributed by atoms with E-state index in [0.717, 1.165) is 12.5 Å². The van der Waals surface area contributed by atoms with Crippen molar-refractivity contribution in [3.8, 4) is 0 Å². The fourth-order valence-corrected chi connectivity index (χ4v) is 2.08. The quantitative estimate of drug-likeness (QED) is 0.578. The Balaban J connectivity index is 3.25. The Hall–Kier alpha value is 0.310. The van der Waals surface area contributed by atoms with Crippen LogP contribution in [0, 0.1) is 5.92 Å². The highest BCUT2D eigenvalue weighted by atomic mass is 32.2. The molecule has 80 valence electrons. The molecule has 0 aromatic carbocycles. The monoisotopic (exact) mass is 203 g/mol. The van der Waals surface area contributed by atoms with Gasteiger partial charge < -0.3 is 5.32 Å². The van der Waals surface area contributed by atoms with Gasteiger partial charge in [-0.15, -0.1) is 0 Å². The third-order valence-electron chi connectivity index (χ3n) is 2.37. The van der Waals surface area contributed by atoms with E-state index in [1.165, 1.54) is 37.3 Å². The minimum atomic E-state index is 0.900. The first kappa shape index (κ1) is 13.3. The molecule has 1 atom stereocenters. The third kappa shape index (κ3) is 8.63. The standard InChI is InChI=1S/C11H25NS/c1-4-11(10-12-5-2)8-7-9-13-6-3/h11-12H,4-10H2,1-3H3. The van der Waals surface area contributed by atoms with E-state index < -0.39 is 0 Å². The number of nitrogens with one attached hydrogen (secondary N) is 1. The minimum absolute atomic E-state index is 0.900. The van der Waals surface area contributed by atoms with Gasteiger partial charge in [0.05, 0.1) is 0 Å². The van der Waals surface area contributed by atoms with Crippen LogP contribution in [-0.4, -0.2) is 24.6 Å². The van der Waals surface area contributed by atoms with Crippen molar-refractivity contribution in [2.24, 2.45) is 5.92 Å². The Morgan fingerprint density at radius 2 is 2.00 bits per heavy atom. The van der Waals surface area contributed by atoms with Crippen molar-refractivity contribution in [1.29, 1.82) is 0 Å². The Labute approximate surface area is 88.1 Å². The molecule has 0 aliphatic carbocycles. The molecule has 0 aromatic rings. The smallest absolute Gasteiger partial charge is 0.00207 e. The van der Waals surface area contributed by atoms with Gasteiger partial charge in [-0.05, 0) is 43.4 Å². The molecule has 1 N–H and O–H groups in total. The molecule has 0 aromatic heterocycles. The summed E-state index contributed by atoms with van der Waals surface area (Å²) in [6.45, 7) is 9.04. The number of rotatable bonds is 9. The summed E-state index contributed by atoms with van der Waals surface area (Å²) >= 11 is 2.06. The molecule has 0 bridgehead atoms. The van der Waals surface area contributed by atoms with Crippen molar-refractivity contribution in [1.82, 2.24) is 5.32 Å². The molecule has 0 heterocycles. The molecule has 0 rings (SSSR count). The van der Waals surface area contributed by atoms with Crippen LogP contribution in [0.15, 0.2) is 0 Å². The second kappa shape index (κ2) is 10.4. The summed E-state index contributed by atoms with van der Waals surface area (Å²) in [6.07, 6.45) is 4.11.